The largest absolute Gasteiger partial charge is 0.465 e. The van der Waals surface area contributed by atoms with Crippen LogP contribution in [0.2, 0.25) is 0 Å². The number of aliphatic hydroxyl groups excluding tert-OH is 1. The lowest BCUT2D eigenvalue weighted by Gasteiger charge is -2.18. The number of rotatable bonds is 37. The van der Waals surface area contributed by atoms with E-state index in [0.29, 0.717) is 58.4 Å². The fourth-order valence-corrected chi connectivity index (χ4v) is 5.86. The number of esters is 4. The zero-order valence-corrected chi connectivity index (χ0v) is 33.2. The molecule has 0 saturated heterocycles. The molecule has 10 nitrogen and oxygen atoms in total. The molecule has 0 spiro atoms. The SMILES string of the molecule is CCCCCCC(CCCC)C(=O)OCCCCC(=O)OCC(CNCCCO)COC(=O)CCCCOC(=O)C(CCCC)CCCCCC. The van der Waals surface area contributed by atoms with E-state index in [1.165, 1.54) is 25.7 Å². The minimum Gasteiger partial charge on any atom is -0.465 e. The van der Waals surface area contributed by atoms with Crippen LogP contribution >= 0.6 is 0 Å². The molecule has 0 aliphatic rings. The summed E-state index contributed by atoms with van der Waals surface area (Å²) in [7, 11) is 0. The van der Waals surface area contributed by atoms with Crippen molar-refractivity contribution < 1.29 is 43.2 Å². The summed E-state index contributed by atoms with van der Waals surface area (Å²) in [6.07, 6.45) is 20.1. The van der Waals surface area contributed by atoms with Gasteiger partial charge in [-0.05, 0) is 64.3 Å². The van der Waals surface area contributed by atoms with Crippen LogP contribution in [0.25, 0.3) is 0 Å². The van der Waals surface area contributed by atoms with Gasteiger partial charge in [0.2, 0.25) is 0 Å². The lowest BCUT2D eigenvalue weighted by atomic mass is 9.95. The number of ether oxygens (including phenoxy) is 4. The monoisotopic (exact) mass is 728 g/mol. The molecule has 0 rings (SSSR count). The maximum atomic E-state index is 12.6. The Morgan fingerprint density at radius 3 is 1.35 bits per heavy atom. The van der Waals surface area contributed by atoms with Gasteiger partial charge in [-0.15, -0.1) is 0 Å². The Balaban J connectivity index is 4.46. The molecule has 2 N–H and O–H groups in total. The maximum absolute atomic E-state index is 12.6. The maximum Gasteiger partial charge on any atom is 0.308 e. The van der Waals surface area contributed by atoms with Crippen molar-refractivity contribution in [2.24, 2.45) is 17.8 Å². The van der Waals surface area contributed by atoms with E-state index >= 15 is 0 Å². The molecule has 0 aliphatic heterocycles. The molecule has 10 heteroatoms. The van der Waals surface area contributed by atoms with E-state index in [1.807, 2.05) is 0 Å². The Morgan fingerprint density at radius 2 is 0.941 bits per heavy atom. The highest BCUT2D eigenvalue weighted by atomic mass is 16.6. The van der Waals surface area contributed by atoms with Crippen molar-refractivity contribution in [2.45, 2.75) is 175 Å². The summed E-state index contributed by atoms with van der Waals surface area (Å²) >= 11 is 0. The van der Waals surface area contributed by atoms with Crippen molar-refractivity contribution >= 4 is 23.9 Å². The number of hydrogen-bond donors (Lipinski definition) is 2. The summed E-state index contributed by atoms with van der Waals surface area (Å²) < 4.78 is 22.1. The highest BCUT2D eigenvalue weighted by Crippen LogP contribution is 2.20. The summed E-state index contributed by atoms with van der Waals surface area (Å²) in [5, 5.41) is 12.3. The standard InChI is InChI=1S/C41H77NO9/c1-5-9-13-15-24-36(22-11-7-3)40(46)48-30-19-17-26-38(44)50-33-35(32-42-28-21-29-43)34-51-39(45)27-18-20-31-49-41(47)37(23-12-8-4)25-16-14-10-6-2/h35-37,42-43H,5-34H2,1-4H3. The zero-order valence-electron chi connectivity index (χ0n) is 33.2. The van der Waals surface area contributed by atoms with E-state index in [4.69, 9.17) is 24.1 Å². The first kappa shape index (κ1) is 48.8. The molecule has 300 valence electrons. The van der Waals surface area contributed by atoms with Crippen molar-refractivity contribution in [2.75, 3.05) is 46.1 Å². The fourth-order valence-electron chi connectivity index (χ4n) is 5.86. The number of nitrogens with one attached hydrogen (secondary N) is 1. The number of carbonyl (C=O) groups is 4. The van der Waals surface area contributed by atoms with Crippen LogP contribution in [0.15, 0.2) is 0 Å². The van der Waals surface area contributed by atoms with E-state index in [1.54, 1.807) is 0 Å². The average Bonchev–Trinajstić information content (AvgIpc) is 3.13. The van der Waals surface area contributed by atoms with E-state index in [0.717, 1.165) is 77.0 Å². The van der Waals surface area contributed by atoms with Crippen molar-refractivity contribution in [1.29, 1.82) is 0 Å². The van der Waals surface area contributed by atoms with E-state index < -0.39 is 0 Å². The fraction of sp³-hybridized carbons (Fsp3) is 0.902. The molecule has 51 heavy (non-hydrogen) atoms. The van der Waals surface area contributed by atoms with Gasteiger partial charge >= 0.3 is 23.9 Å². The molecular weight excluding hydrogens is 650 g/mol. The number of unbranched alkanes of at least 4 members (excludes halogenated alkanes) is 10. The summed E-state index contributed by atoms with van der Waals surface area (Å²) in [6.45, 7) is 10.6. The lowest BCUT2D eigenvalue weighted by Crippen LogP contribution is -2.32. The van der Waals surface area contributed by atoms with Crippen LogP contribution in [0.4, 0.5) is 0 Å². The predicted molar refractivity (Wildman–Crippen MR) is 203 cm³/mol. The van der Waals surface area contributed by atoms with Crippen LogP contribution in [-0.2, 0) is 38.1 Å². The first-order valence-corrected chi connectivity index (χ1v) is 20.8. The predicted octanol–water partition coefficient (Wildman–Crippen LogP) is 8.64. The van der Waals surface area contributed by atoms with Crippen LogP contribution in [0.5, 0.6) is 0 Å². The third-order valence-corrected chi connectivity index (χ3v) is 9.24. The topological polar surface area (TPSA) is 137 Å². The van der Waals surface area contributed by atoms with E-state index in [-0.39, 0.29) is 74.3 Å². The second-order valence-corrected chi connectivity index (χ2v) is 14.1. The second-order valence-electron chi connectivity index (χ2n) is 14.1. The summed E-state index contributed by atoms with van der Waals surface area (Å²) in [6, 6.07) is 0. The van der Waals surface area contributed by atoms with Crippen molar-refractivity contribution in [3.05, 3.63) is 0 Å². The van der Waals surface area contributed by atoms with Crippen molar-refractivity contribution in [3.63, 3.8) is 0 Å². The van der Waals surface area contributed by atoms with Crippen molar-refractivity contribution in [3.8, 4) is 0 Å². The Morgan fingerprint density at radius 1 is 0.510 bits per heavy atom. The van der Waals surface area contributed by atoms with E-state index in [9.17, 15) is 19.2 Å². The van der Waals surface area contributed by atoms with Gasteiger partial charge in [-0.1, -0.05) is 105 Å². The quantitative estimate of drug-likeness (QED) is 0.0363. The molecule has 2 unspecified atom stereocenters. The zero-order chi connectivity index (χ0) is 37.8. The van der Waals surface area contributed by atoms with Crippen LogP contribution in [0.3, 0.4) is 0 Å². The smallest absolute Gasteiger partial charge is 0.308 e. The first-order chi connectivity index (χ1) is 24.8. The molecule has 0 aromatic carbocycles. The molecule has 0 amide bonds. The van der Waals surface area contributed by atoms with Gasteiger partial charge in [0.1, 0.15) is 0 Å². The Kier molecular flexibility index (Phi) is 34.6. The normalized spacial score (nSPS) is 13.0. The highest BCUT2D eigenvalue weighted by molar-refractivity contribution is 5.73. The molecule has 2 atom stereocenters. The Bertz CT molecular complexity index is 791. The first-order valence-electron chi connectivity index (χ1n) is 20.8. The van der Waals surface area contributed by atoms with Gasteiger partial charge in [0.15, 0.2) is 0 Å². The minimum atomic E-state index is -0.336. The number of hydrogen-bond acceptors (Lipinski definition) is 10. The van der Waals surface area contributed by atoms with Crippen LogP contribution in [0.1, 0.15) is 175 Å². The molecule has 0 radical (unpaired) electrons. The Labute approximate surface area is 311 Å². The molecule has 0 heterocycles. The minimum absolute atomic E-state index is 0.0357. The molecule has 0 bridgehead atoms. The summed E-state index contributed by atoms with van der Waals surface area (Å²) in [4.78, 5) is 50.2. The van der Waals surface area contributed by atoms with Gasteiger partial charge in [0.05, 0.1) is 38.3 Å². The second kappa shape index (κ2) is 36.2. The van der Waals surface area contributed by atoms with Gasteiger partial charge in [-0.3, -0.25) is 19.2 Å². The summed E-state index contributed by atoms with van der Waals surface area (Å²) in [5.74, 6) is -1.20. The van der Waals surface area contributed by atoms with Gasteiger partial charge in [-0.2, -0.15) is 0 Å². The lowest BCUT2D eigenvalue weighted by molar-refractivity contribution is -0.150. The molecule has 0 fully saturated rings. The highest BCUT2D eigenvalue weighted by Gasteiger charge is 2.21. The molecular formula is C41H77NO9. The van der Waals surface area contributed by atoms with Crippen LogP contribution < -0.4 is 5.32 Å². The van der Waals surface area contributed by atoms with E-state index in [2.05, 4.69) is 33.0 Å². The third-order valence-electron chi connectivity index (χ3n) is 9.24. The van der Waals surface area contributed by atoms with Gasteiger partial charge in [0.25, 0.3) is 0 Å². The molecule has 0 aromatic rings. The summed E-state index contributed by atoms with van der Waals surface area (Å²) in [5.41, 5.74) is 0. The Hall–Kier alpha value is -2.20. The van der Waals surface area contributed by atoms with Crippen molar-refractivity contribution in [1.82, 2.24) is 5.32 Å². The number of carbonyl (C=O) groups excluding carboxylic acids is 4. The average molecular weight is 728 g/mol. The van der Waals surface area contributed by atoms with Gasteiger partial charge < -0.3 is 29.4 Å². The molecule has 0 saturated carbocycles. The van der Waals surface area contributed by atoms with Gasteiger partial charge in [0, 0.05) is 31.9 Å². The number of aliphatic hydroxyl groups is 1. The third kappa shape index (κ3) is 30.0. The molecule has 0 aliphatic carbocycles. The molecule has 0 aromatic heterocycles. The van der Waals surface area contributed by atoms with Crippen LogP contribution in [-0.4, -0.2) is 75.1 Å². The van der Waals surface area contributed by atoms with Crippen LogP contribution in [0, 0.1) is 17.8 Å². The van der Waals surface area contributed by atoms with Gasteiger partial charge in [-0.25, -0.2) is 0 Å².